The number of rotatable bonds is 6. The van der Waals surface area contributed by atoms with E-state index in [2.05, 4.69) is 41.7 Å². The lowest BCUT2D eigenvalue weighted by atomic mass is 10.2. The summed E-state index contributed by atoms with van der Waals surface area (Å²) in [7, 11) is 0. The molecule has 0 saturated heterocycles. The molecule has 1 aromatic heterocycles. The minimum Gasteiger partial charge on any atom is -0.272 e. The summed E-state index contributed by atoms with van der Waals surface area (Å²) in [5.41, 5.74) is 6.22. The molecule has 0 aliphatic carbocycles. The molecule has 3 nitrogen and oxygen atoms in total. The molecule has 0 atom stereocenters. The van der Waals surface area contributed by atoms with Gasteiger partial charge in [0.2, 0.25) is 5.91 Å². The first-order valence-electron chi connectivity index (χ1n) is 6.64. The second-order valence-electron chi connectivity index (χ2n) is 4.74. The van der Waals surface area contributed by atoms with Crippen molar-refractivity contribution in [3.05, 3.63) is 57.3 Å². The van der Waals surface area contributed by atoms with E-state index in [-0.39, 0.29) is 5.91 Å². The van der Waals surface area contributed by atoms with Crippen molar-refractivity contribution in [2.75, 3.05) is 5.75 Å². The van der Waals surface area contributed by atoms with Gasteiger partial charge in [0.05, 0.1) is 12.0 Å². The zero-order valence-electron chi connectivity index (χ0n) is 12.1. The fourth-order valence-electron chi connectivity index (χ4n) is 1.66. The predicted octanol–water partition coefficient (Wildman–Crippen LogP) is 3.75. The van der Waals surface area contributed by atoms with Crippen LogP contribution in [0.1, 0.15) is 21.6 Å². The van der Waals surface area contributed by atoms with Gasteiger partial charge in [-0.2, -0.15) is 5.10 Å². The third-order valence-electron chi connectivity index (χ3n) is 2.90. The number of thiophene rings is 1. The topological polar surface area (TPSA) is 41.5 Å². The fraction of sp³-hybridized carbons (Fsp3) is 0.250. The molecule has 0 radical (unpaired) electrons. The number of nitrogens with one attached hydrogen (secondary N) is 1. The van der Waals surface area contributed by atoms with Crippen LogP contribution in [-0.4, -0.2) is 17.9 Å². The van der Waals surface area contributed by atoms with Crippen molar-refractivity contribution in [3.63, 3.8) is 0 Å². The van der Waals surface area contributed by atoms with Gasteiger partial charge < -0.3 is 0 Å². The van der Waals surface area contributed by atoms with Gasteiger partial charge in [-0.25, -0.2) is 5.43 Å². The summed E-state index contributed by atoms with van der Waals surface area (Å²) in [5, 5.41) is 5.99. The summed E-state index contributed by atoms with van der Waals surface area (Å²) in [6.07, 6.45) is 1.70. The Morgan fingerprint density at radius 1 is 1.29 bits per heavy atom. The molecule has 0 spiro atoms. The Balaban J connectivity index is 1.69. The zero-order chi connectivity index (χ0) is 15.1. The molecule has 0 bridgehead atoms. The van der Waals surface area contributed by atoms with E-state index < -0.39 is 0 Å². The first-order valence-corrected chi connectivity index (χ1v) is 8.68. The lowest BCUT2D eigenvalue weighted by molar-refractivity contribution is -0.118. The van der Waals surface area contributed by atoms with Crippen LogP contribution in [0, 0.1) is 13.8 Å². The lowest BCUT2D eigenvalue weighted by Crippen LogP contribution is -2.19. The van der Waals surface area contributed by atoms with Gasteiger partial charge in [-0.3, -0.25) is 4.79 Å². The van der Waals surface area contributed by atoms with Crippen LogP contribution in [0.25, 0.3) is 0 Å². The number of benzene rings is 1. The second-order valence-corrected chi connectivity index (χ2v) is 6.67. The Kier molecular flexibility index (Phi) is 6.02. The molecule has 5 heteroatoms. The van der Waals surface area contributed by atoms with Gasteiger partial charge in [0.15, 0.2) is 0 Å². The van der Waals surface area contributed by atoms with Crippen molar-refractivity contribution in [1.82, 2.24) is 5.43 Å². The van der Waals surface area contributed by atoms with Crippen molar-refractivity contribution in [2.24, 2.45) is 5.10 Å². The van der Waals surface area contributed by atoms with E-state index in [4.69, 9.17) is 0 Å². The molecule has 0 aliphatic heterocycles. The monoisotopic (exact) mass is 318 g/mol. The number of nitrogens with zero attached hydrogens (tertiary/aromatic N) is 1. The number of hydrogen-bond acceptors (Lipinski definition) is 4. The zero-order valence-corrected chi connectivity index (χ0v) is 13.8. The summed E-state index contributed by atoms with van der Waals surface area (Å²) in [6, 6.07) is 10.4. The van der Waals surface area contributed by atoms with Crippen LogP contribution >= 0.6 is 23.1 Å². The van der Waals surface area contributed by atoms with Crippen molar-refractivity contribution >= 4 is 35.2 Å². The minimum absolute atomic E-state index is 0.0717. The van der Waals surface area contributed by atoms with Crippen molar-refractivity contribution < 1.29 is 4.79 Å². The molecule has 1 amide bonds. The Labute approximate surface area is 133 Å². The summed E-state index contributed by atoms with van der Waals surface area (Å²) in [4.78, 5) is 12.7. The molecule has 21 heavy (non-hydrogen) atoms. The van der Waals surface area contributed by atoms with Gasteiger partial charge in [0.1, 0.15) is 0 Å². The number of carbonyl (C=O) groups is 1. The molecular formula is C16H18N2OS2. The summed E-state index contributed by atoms with van der Waals surface area (Å²) < 4.78 is 0. The normalized spacial score (nSPS) is 11.0. The SMILES string of the molecule is Cc1ccc(CSCC(=O)NN=Cc2sccc2C)cc1. The highest BCUT2D eigenvalue weighted by atomic mass is 32.2. The summed E-state index contributed by atoms with van der Waals surface area (Å²) >= 11 is 3.20. The number of hydrazone groups is 1. The van der Waals surface area contributed by atoms with E-state index in [1.54, 1.807) is 29.3 Å². The number of amides is 1. The van der Waals surface area contributed by atoms with E-state index in [9.17, 15) is 4.79 Å². The molecular weight excluding hydrogens is 300 g/mol. The molecule has 1 N–H and O–H groups in total. The van der Waals surface area contributed by atoms with Crippen LogP contribution < -0.4 is 5.43 Å². The van der Waals surface area contributed by atoms with E-state index in [1.807, 2.05) is 18.4 Å². The molecule has 0 saturated carbocycles. The molecule has 0 unspecified atom stereocenters. The quantitative estimate of drug-likeness (QED) is 0.651. The van der Waals surface area contributed by atoms with Gasteiger partial charge in [0, 0.05) is 10.6 Å². The van der Waals surface area contributed by atoms with Gasteiger partial charge in [0.25, 0.3) is 0 Å². The Morgan fingerprint density at radius 2 is 2.05 bits per heavy atom. The third-order valence-corrected chi connectivity index (χ3v) is 4.85. The van der Waals surface area contributed by atoms with E-state index in [1.165, 1.54) is 16.7 Å². The highest BCUT2D eigenvalue weighted by Gasteiger charge is 2.01. The molecule has 110 valence electrons. The van der Waals surface area contributed by atoms with Crippen LogP contribution in [-0.2, 0) is 10.5 Å². The molecule has 2 rings (SSSR count). The highest BCUT2D eigenvalue weighted by molar-refractivity contribution is 7.99. The van der Waals surface area contributed by atoms with Gasteiger partial charge >= 0.3 is 0 Å². The lowest BCUT2D eigenvalue weighted by Gasteiger charge is -2.02. The maximum atomic E-state index is 11.7. The van der Waals surface area contributed by atoms with Crippen molar-refractivity contribution in [1.29, 1.82) is 0 Å². The highest BCUT2D eigenvalue weighted by Crippen LogP contribution is 2.13. The third kappa shape index (κ3) is 5.36. The Hall–Kier alpha value is -1.59. The minimum atomic E-state index is -0.0717. The first-order chi connectivity index (χ1) is 10.1. The van der Waals surface area contributed by atoms with E-state index >= 15 is 0 Å². The summed E-state index contributed by atoms with van der Waals surface area (Å²) in [6.45, 7) is 4.09. The largest absolute Gasteiger partial charge is 0.272 e. The maximum Gasteiger partial charge on any atom is 0.250 e. The maximum absolute atomic E-state index is 11.7. The second kappa shape index (κ2) is 8.00. The smallest absolute Gasteiger partial charge is 0.250 e. The standard InChI is InChI=1S/C16H18N2OS2/c1-12-3-5-14(6-4-12)10-20-11-16(19)18-17-9-15-13(2)7-8-21-15/h3-9H,10-11H2,1-2H3,(H,18,19). The van der Waals surface area contributed by atoms with Crippen LogP contribution in [0.4, 0.5) is 0 Å². The Bertz CT molecular complexity index is 617. The molecule has 0 aliphatic rings. The van der Waals surface area contributed by atoms with Gasteiger partial charge in [-0.15, -0.1) is 23.1 Å². The fourth-order valence-corrected chi connectivity index (χ4v) is 3.22. The van der Waals surface area contributed by atoms with Crippen LogP contribution in [0.2, 0.25) is 0 Å². The predicted molar refractivity (Wildman–Crippen MR) is 92.1 cm³/mol. The number of thioether (sulfide) groups is 1. The Morgan fingerprint density at radius 3 is 2.71 bits per heavy atom. The average Bonchev–Trinajstić information content (AvgIpc) is 2.87. The number of hydrogen-bond donors (Lipinski definition) is 1. The molecule has 1 aromatic carbocycles. The number of aryl methyl sites for hydroxylation is 2. The van der Waals surface area contributed by atoms with Crippen LogP contribution in [0.5, 0.6) is 0 Å². The first kappa shape index (κ1) is 15.8. The van der Waals surface area contributed by atoms with E-state index in [0.717, 1.165) is 10.6 Å². The van der Waals surface area contributed by atoms with Crippen LogP contribution in [0.3, 0.4) is 0 Å². The van der Waals surface area contributed by atoms with Gasteiger partial charge in [-0.05, 0) is 36.4 Å². The van der Waals surface area contributed by atoms with Crippen molar-refractivity contribution in [3.8, 4) is 0 Å². The number of carbonyl (C=O) groups excluding carboxylic acids is 1. The average molecular weight is 318 g/mol. The summed E-state index contributed by atoms with van der Waals surface area (Å²) in [5.74, 6) is 1.17. The molecule has 2 aromatic rings. The van der Waals surface area contributed by atoms with Crippen molar-refractivity contribution in [2.45, 2.75) is 19.6 Å². The molecule has 1 heterocycles. The van der Waals surface area contributed by atoms with Gasteiger partial charge in [-0.1, -0.05) is 29.8 Å². The van der Waals surface area contributed by atoms with E-state index in [0.29, 0.717) is 5.75 Å². The molecule has 0 fully saturated rings. The van der Waals surface area contributed by atoms with Crippen LogP contribution in [0.15, 0.2) is 40.8 Å².